The monoisotopic (exact) mass is 361 g/mol. The number of rotatable bonds is 8. The third kappa shape index (κ3) is 5.74. The third-order valence-corrected chi connectivity index (χ3v) is 4.22. The maximum absolute atomic E-state index is 13.8. The third-order valence-electron chi connectivity index (χ3n) is 4.22. The van der Waals surface area contributed by atoms with Gasteiger partial charge in [0.2, 0.25) is 0 Å². The SMILES string of the molecule is CC(=O)[C@@H](Cc1ccccc1)NC(=O)C[NH2+][C@H](C)c1ccc(F)cc1F. The summed E-state index contributed by atoms with van der Waals surface area (Å²) >= 11 is 0. The molecule has 0 saturated carbocycles. The Balaban J connectivity index is 1.90. The highest BCUT2D eigenvalue weighted by Gasteiger charge is 2.20. The molecule has 3 N–H and O–H groups in total. The molecule has 6 heteroatoms. The molecule has 2 atom stereocenters. The first kappa shape index (κ1) is 19.7. The van der Waals surface area contributed by atoms with E-state index in [1.165, 1.54) is 19.1 Å². The Morgan fingerprint density at radius 1 is 1.12 bits per heavy atom. The minimum absolute atomic E-state index is 0.0382. The number of ketones is 1. The lowest BCUT2D eigenvalue weighted by atomic mass is 10.0. The van der Waals surface area contributed by atoms with E-state index in [1.807, 2.05) is 30.3 Å². The molecule has 0 heterocycles. The zero-order valence-corrected chi connectivity index (χ0v) is 14.8. The summed E-state index contributed by atoms with van der Waals surface area (Å²) in [4.78, 5) is 24.0. The van der Waals surface area contributed by atoms with Crippen LogP contribution < -0.4 is 10.6 Å². The van der Waals surface area contributed by atoms with Crippen LogP contribution in [-0.2, 0) is 16.0 Å². The molecule has 1 amide bonds. The Morgan fingerprint density at radius 3 is 2.42 bits per heavy atom. The van der Waals surface area contributed by atoms with Gasteiger partial charge >= 0.3 is 0 Å². The van der Waals surface area contributed by atoms with Gasteiger partial charge in [-0.1, -0.05) is 30.3 Å². The molecule has 0 radical (unpaired) electrons. The van der Waals surface area contributed by atoms with E-state index in [4.69, 9.17) is 0 Å². The summed E-state index contributed by atoms with van der Waals surface area (Å²) in [5.41, 5.74) is 1.28. The first-order valence-electron chi connectivity index (χ1n) is 8.49. The highest BCUT2D eigenvalue weighted by Crippen LogP contribution is 2.14. The Morgan fingerprint density at radius 2 is 1.81 bits per heavy atom. The number of quaternary nitrogens is 1. The number of hydrogen-bond donors (Lipinski definition) is 2. The maximum atomic E-state index is 13.8. The second-order valence-electron chi connectivity index (χ2n) is 6.31. The average molecular weight is 361 g/mol. The summed E-state index contributed by atoms with van der Waals surface area (Å²) in [6.45, 7) is 3.21. The van der Waals surface area contributed by atoms with Gasteiger partial charge in [0.15, 0.2) is 12.3 Å². The second kappa shape index (κ2) is 9.20. The summed E-state index contributed by atoms with van der Waals surface area (Å²) in [6.07, 6.45) is 0.421. The second-order valence-corrected chi connectivity index (χ2v) is 6.31. The number of hydrogen-bond acceptors (Lipinski definition) is 2. The van der Waals surface area contributed by atoms with E-state index in [2.05, 4.69) is 5.32 Å². The van der Waals surface area contributed by atoms with Gasteiger partial charge in [-0.15, -0.1) is 0 Å². The number of Topliss-reactive ketones (excluding diaryl/α,β-unsaturated/α-hetero) is 1. The Bertz CT molecular complexity index is 766. The number of halogens is 2. The zero-order chi connectivity index (χ0) is 19.1. The quantitative estimate of drug-likeness (QED) is 0.754. The van der Waals surface area contributed by atoms with Crippen molar-refractivity contribution < 1.29 is 23.7 Å². The standard InChI is InChI=1S/C20H22F2N2O2/c1-13(17-9-8-16(21)11-18(17)22)23-12-20(26)24-19(14(2)25)10-15-6-4-3-5-7-15/h3-9,11,13,19,23H,10,12H2,1-2H3,(H,24,26)/p+1/t13-,19-/m1/s1. The van der Waals surface area contributed by atoms with Crippen molar-refractivity contribution in [2.24, 2.45) is 0 Å². The van der Waals surface area contributed by atoms with Crippen molar-refractivity contribution in [3.8, 4) is 0 Å². The summed E-state index contributed by atoms with van der Waals surface area (Å²) in [7, 11) is 0. The van der Waals surface area contributed by atoms with Crippen LogP contribution >= 0.6 is 0 Å². The van der Waals surface area contributed by atoms with Crippen LogP contribution in [0.5, 0.6) is 0 Å². The van der Waals surface area contributed by atoms with E-state index < -0.39 is 17.7 Å². The number of carbonyl (C=O) groups is 2. The molecule has 0 spiro atoms. The average Bonchev–Trinajstić information content (AvgIpc) is 2.60. The number of carbonyl (C=O) groups excluding carboxylic acids is 2. The predicted molar refractivity (Wildman–Crippen MR) is 94.3 cm³/mol. The predicted octanol–water partition coefficient (Wildman–Crippen LogP) is 1.91. The molecule has 4 nitrogen and oxygen atoms in total. The number of nitrogens with one attached hydrogen (secondary N) is 1. The first-order chi connectivity index (χ1) is 12.4. The minimum atomic E-state index is -0.639. The summed E-state index contributed by atoms with van der Waals surface area (Å²) in [6, 6.07) is 11.9. The fourth-order valence-electron chi connectivity index (χ4n) is 2.68. The molecule has 2 aromatic rings. The Hall–Kier alpha value is -2.60. The normalized spacial score (nSPS) is 13.1. The van der Waals surface area contributed by atoms with E-state index in [9.17, 15) is 18.4 Å². The van der Waals surface area contributed by atoms with Gasteiger partial charge in [-0.2, -0.15) is 0 Å². The van der Waals surface area contributed by atoms with Crippen LogP contribution in [0.15, 0.2) is 48.5 Å². The highest BCUT2D eigenvalue weighted by atomic mass is 19.1. The molecule has 0 bridgehead atoms. The van der Waals surface area contributed by atoms with Crippen molar-refractivity contribution in [3.63, 3.8) is 0 Å². The van der Waals surface area contributed by atoms with Crippen molar-refractivity contribution in [1.29, 1.82) is 0 Å². The van der Waals surface area contributed by atoms with Gasteiger partial charge in [-0.05, 0) is 38.0 Å². The summed E-state index contributed by atoms with van der Waals surface area (Å²) < 4.78 is 26.8. The van der Waals surface area contributed by atoms with E-state index in [0.717, 1.165) is 11.6 Å². The van der Waals surface area contributed by atoms with Gasteiger partial charge in [-0.25, -0.2) is 8.78 Å². The van der Waals surface area contributed by atoms with E-state index in [1.54, 1.807) is 12.2 Å². The van der Waals surface area contributed by atoms with Crippen LogP contribution in [0.4, 0.5) is 8.78 Å². The van der Waals surface area contributed by atoms with Crippen LogP contribution in [0.2, 0.25) is 0 Å². The van der Waals surface area contributed by atoms with E-state index in [0.29, 0.717) is 12.0 Å². The lowest BCUT2D eigenvalue weighted by molar-refractivity contribution is -0.682. The molecule has 2 aromatic carbocycles. The Kier molecular flexibility index (Phi) is 6.97. The van der Waals surface area contributed by atoms with E-state index >= 15 is 0 Å². The topological polar surface area (TPSA) is 62.8 Å². The van der Waals surface area contributed by atoms with Crippen LogP contribution in [0.1, 0.15) is 31.0 Å². The fraction of sp³-hybridized carbons (Fsp3) is 0.300. The number of benzene rings is 2. The fourth-order valence-corrected chi connectivity index (χ4v) is 2.68. The van der Waals surface area contributed by atoms with Gasteiger partial charge in [0.25, 0.3) is 5.91 Å². The summed E-state index contributed by atoms with van der Waals surface area (Å²) in [5.74, 6) is -1.71. The molecule has 2 rings (SSSR count). The highest BCUT2D eigenvalue weighted by molar-refractivity contribution is 5.88. The van der Waals surface area contributed by atoms with Crippen molar-refractivity contribution in [2.75, 3.05) is 6.54 Å². The lowest BCUT2D eigenvalue weighted by Gasteiger charge is -2.17. The molecule has 0 saturated heterocycles. The van der Waals surface area contributed by atoms with Crippen molar-refractivity contribution in [3.05, 3.63) is 71.3 Å². The van der Waals surface area contributed by atoms with Gasteiger partial charge in [0.05, 0.1) is 6.04 Å². The smallest absolute Gasteiger partial charge is 0.275 e. The first-order valence-corrected chi connectivity index (χ1v) is 8.49. The molecule has 0 aromatic heterocycles. The molecular weight excluding hydrogens is 338 g/mol. The van der Waals surface area contributed by atoms with Gasteiger partial charge < -0.3 is 10.6 Å². The van der Waals surface area contributed by atoms with Gasteiger partial charge in [0.1, 0.15) is 17.7 Å². The lowest BCUT2D eigenvalue weighted by Crippen LogP contribution is -2.87. The van der Waals surface area contributed by atoms with Crippen LogP contribution in [0.3, 0.4) is 0 Å². The van der Waals surface area contributed by atoms with Crippen LogP contribution in [0.25, 0.3) is 0 Å². The van der Waals surface area contributed by atoms with Gasteiger partial charge in [0, 0.05) is 11.6 Å². The van der Waals surface area contributed by atoms with Crippen LogP contribution in [0, 0.1) is 11.6 Å². The molecule has 0 aliphatic heterocycles. The maximum Gasteiger partial charge on any atom is 0.275 e. The molecule has 0 aliphatic carbocycles. The van der Waals surface area contributed by atoms with E-state index in [-0.39, 0.29) is 24.3 Å². The van der Waals surface area contributed by atoms with Crippen molar-refractivity contribution in [1.82, 2.24) is 5.32 Å². The van der Waals surface area contributed by atoms with Crippen molar-refractivity contribution >= 4 is 11.7 Å². The number of amides is 1. The minimum Gasteiger partial charge on any atom is -0.341 e. The summed E-state index contributed by atoms with van der Waals surface area (Å²) in [5, 5.41) is 4.37. The van der Waals surface area contributed by atoms with Crippen molar-refractivity contribution in [2.45, 2.75) is 32.4 Å². The molecule has 0 fully saturated rings. The molecule has 138 valence electrons. The molecule has 0 aliphatic rings. The molecule has 26 heavy (non-hydrogen) atoms. The van der Waals surface area contributed by atoms with Crippen LogP contribution in [-0.4, -0.2) is 24.3 Å². The number of nitrogens with two attached hydrogens (primary N) is 1. The Labute approximate surface area is 151 Å². The van der Waals surface area contributed by atoms with Gasteiger partial charge in [-0.3, -0.25) is 9.59 Å². The molecular formula is C20H23F2N2O2+. The molecule has 0 unspecified atom stereocenters. The zero-order valence-electron chi connectivity index (χ0n) is 14.8. The largest absolute Gasteiger partial charge is 0.341 e.